The van der Waals surface area contributed by atoms with Crippen LogP contribution in [-0.2, 0) is 0 Å². The van der Waals surface area contributed by atoms with E-state index in [1.165, 1.54) is 0 Å². The summed E-state index contributed by atoms with van der Waals surface area (Å²) in [7, 11) is 1.69. The second kappa shape index (κ2) is 6.96. The van der Waals surface area contributed by atoms with E-state index in [0.29, 0.717) is 12.1 Å². The zero-order chi connectivity index (χ0) is 13.9. The monoisotopic (exact) mass is 307 g/mol. The number of aromatic nitrogens is 1. The highest BCUT2D eigenvalue weighted by molar-refractivity contribution is 5.98. The van der Waals surface area contributed by atoms with Crippen molar-refractivity contribution in [3.05, 3.63) is 30.6 Å². The fraction of sp³-hybridized carbons (Fsp3) is 0.438. The predicted octanol–water partition coefficient (Wildman–Crippen LogP) is 3.35. The van der Waals surface area contributed by atoms with Crippen LogP contribution in [0.3, 0.4) is 0 Å². The number of nitrogens with two attached hydrogens (primary N) is 1. The molecule has 1 saturated carbocycles. The van der Waals surface area contributed by atoms with E-state index in [4.69, 9.17) is 10.5 Å². The summed E-state index contributed by atoms with van der Waals surface area (Å²) in [6.45, 7) is 0. The van der Waals surface area contributed by atoms with Gasteiger partial charge in [-0.1, -0.05) is 12.1 Å². The number of halogens is 1. The lowest BCUT2D eigenvalue weighted by Crippen LogP contribution is -2.32. The molecule has 0 atom stereocenters. The maximum atomic E-state index is 5.97. The normalized spacial score (nSPS) is 21.6. The molecule has 0 aliphatic heterocycles. The number of pyridine rings is 1. The van der Waals surface area contributed by atoms with Crippen molar-refractivity contribution in [3.63, 3.8) is 0 Å². The summed E-state index contributed by atoms with van der Waals surface area (Å²) in [5, 5.41) is 5.87. The van der Waals surface area contributed by atoms with E-state index in [-0.39, 0.29) is 12.4 Å². The van der Waals surface area contributed by atoms with Crippen molar-refractivity contribution in [2.45, 2.75) is 37.8 Å². The Labute approximate surface area is 131 Å². The number of anilines is 1. The summed E-state index contributed by atoms with van der Waals surface area (Å²) in [6.07, 6.45) is 8.10. The van der Waals surface area contributed by atoms with Gasteiger partial charge in [-0.25, -0.2) is 0 Å². The number of ether oxygens (including phenoxy) is 1. The van der Waals surface area contributed by atoms with Gasteiger partial charge in [0.15, 0.2) is 0 Å². The molecule has 0 radical (unpaired) electrons. The standard InChI is InChI=1S/C16H21N3O.ClH/c1-20-15-10-18-9-11-3-2-4-14(16(11)15)19-13-7-5-12(17)6-8-13;/h2-4,9-10,12-13,19H,5-8,17H2,1H3;1H. The Morgan fingerprint density at radius 1 is 1.19 bits per heavy atom. The van der Waals surface area contributed by atoms with Crippen LogP contribution in [0.15, 0.2) is 30.6 Å². The van der Waals surface area contributed by atoms with Gasteiger partial charge in [-0.3, -0.25) is 4.98 Å². The van der Waals surface area contributed by atoms with Gasteiger partial charge in [0.1, 0.15) is 5.75 Å². The smallest absolute Gasteiger partial charge is 0.147 e. The summed E-state index contributed by atoms with van der Waals surface area (Å²) in [6, 6.07) is 7.10. The van der Waals surface area contributed by atoms with Gasteiger partial charge in [0.2, 0.25) is 0 Å². The molecule has 1 aromatic carbocycles. The predicted molar refractivity (Wildman–Crippen MR) is 89.4 cm³/mol. The third-order valence-electron chi connectivity index (χ3n) is 4.10. The number of nitrogens with one attached hydrogen (secondary N) is 1. The number of fused-ring (bicyclic) bond motifs is 1. The summed E-state index contributed by atoms with van der Waals surface area (Å²) >= 11 is 0. The summed E-state index contributed by atoms with van der Waals surface area (Å²) in [4.78, 5) is 4.21. The van der Waals surface area contributed by atoms with E-state index in [0.717, 1.165) is 47.9 Å². The largest absolute Gasteiger partial charge is 0.494 e. The quantitative estimate of drug-likeness (QED) is 0.913. The van der Waals surface area contributed by atoms with Gasteiger partial charge in [0, 0.05) is 29.4 Å². The van der Waals surface area contributed by atoms with Gasteiger partial charge in [-0.15, -0.1) is 12.4 Å². The van der Waals surface area contributed by atoms with Crippen molar-refractivity contribution in [2.75, 3.05) is 12.4 Å². The molecule has 21 heavy (non-hydrogen) atoms. The first kappa shape index (κ1) is 15.9. The highest BCUT2D eigenvalue weighted by Crippen LogP contribution is 2.33. The number of nitrogens with zero attached hydrogens (tertiary/aromatic N) is 1. The van der Waals surface area contributed by atoms with Crippen LogP contribution in [0, 0.1) is 0 Å². The van der Waals surface area contributed by atoms with E-state index < -0.39 is 0 Å². The Hall–Kier alpha value is -1.52. The molecule has 2 aromatic rings. The minimum absolute atomic E-state index is 0. The van der Waals surface area contributed by atoms with Crippen LogP contribution in [0.2, 0.25) is 0 Å². The third kappa shape index (κ3) is 3.39. The molecule has 5 heteroatoms. The second-order valence-corrected chi connectivity index (χ2v) is 5.50. The summed E-state index contributed by atoms with van der Waals surface area (Å²) < 4.78 is 5.45. The van der Waals surface area contributed by atoms with Gasteiger partial charge in [0.05, 0.1) is 18.7 Å². The molecule has 3 N–H and O–H groups in total. The first-order valence-electron chi connectivity index (χ1n) is 7.21. The SMILES string of the molecule is COc1cncc2cccc(NC3CCC(N)CC3)c12.Cl. The molecule has 0 unspecified atom stereocenters. The molecule has 0 spiro atoms. The van der Waals surface area contributed by atoms with Crippen LogP contribution in [0.1, 0.15) is 25.7 Å². The van der Waals surface area contributed by atoms with Crippen LogP contribution in [0.5, 0.6) is 5.75 Å². The van der Waals surface area contributed by atoms with Crippen LogP contribution in [0.4, 0.5) is 5.69 Å². The third-order valence-corrected chi connectivity index (χ3v) is 4.10. The average Bonchev–Trinajstić information content (AvgIpc) is 2.49. The molecule has 1 aliphatic carbocycles. The topological polar surface area (TPSA) is 60.2 Å². The Kier molecular flexibility index (Phi) is 5.26. The summed E-state index contributed by atoms with van der Waals surface area (Å²) in [5.41, 5.74) is 7.10. The van der Waals surface area contributed by atoms with E-state index in [9.17, 15) is 0 Å². The number of hydrogen-bond donors (Lipinski definition) is 2. The fourth-order valence-corrected chi connectivity index (χ4v) is 2.96. The molecule has 1 aliphatic rings. The van der Waals surface area contributed by atoms with Crippen molar-refractivity contribution in [2.24, 2.45) is 5.73 Å². The second-order valence-electron chi connectivity index (χ2n) is 5.50. The zero-order valence-corrected chi connectivity index (χ0v) is 13.0. The molecule has 0 saturated heterocycles. The Morgan fingerprint density at radius 2 is 1.95 bits per heavy atom. The van der Waals surface area contributed by atoms with Gasteiger partial charge < -0.3 is 15.8 Å². The number of hydrogen-bond acceptors (Lipinski definition) is 4. The minimum atomic E-state index is 0. The zero-order valence-electron chi connectivity index (χ0n) is 12.2. The molecule has 0 amide bonds. The van der Waals surface area contributed by atoms with E-state index in [1.54, 1.807) is 13.3 Å². The van der Waals surface area contributed by atoms with E-state index in [2.05, 4.69) is 28.5 Å². The van der Waals surface area contributed by atoms with Crippen molar-refractivity contribution < 1.29 is 4.74 Å². The van der Waals surface area contributed by atoms with Gasteiger partial charge >= 0.3 is 0 Å². The molecule has 1 aromatic heterocycles. The van der Waals surface area contributed by atoms with Gasteiger partial charge in [0.25, 0.3) is 0 Å². The van der Waals surface area contributed by atoms with Crippen LogP contribution in [0.25, 0.3) is 10.8 Å². The van der Waals surface area contributed by atoms with Gasteiger partial charge in [-0.2, -0.15) is 0 Å². The van der Waals surface area contributed by atoms with Crippen molar-refractivity contribution in [3.8, 4) is 5.75 Å². The average molecular weight is 308 g/mol. The molecule has 1 fully saturated rings. The van der Waals surface area contributed by atoms with E-state index >= 15 is 0 Å². The molecule has 0 bridgehead atoms. The molecular formula is C16H22ClN3O. The van der Waals surface area contributed by atoms with Crippen molar-refractivity contribution in [1.82, 2.24) is 4.98 Å². The highest BCUT2D eigenvalue weighted by Gasteiger charge is 2.19. The van der Waals surface area contributed by atoms with Gasteiger partial charge in [-0.05, 0) is 31.7 Å². The molecular weight excluding hydrogens is 286 g/mol. The number of methoxy groups -OCH3 is 1. The lowest BCUT2D eigenvalue weighted by molar-refractivity contribution is 0.410. The number of benzene rings is 1. The molecule has 3 rings (SSSR count). The van der Waals surface area contributed by atoms with Crippen LogP contribution in [-0.4, -0.2) is 24.2 Å². The Balaban J connectivity index is 0.00000161. The molecule has 4 nitrogen and oxygen atoms in total. The Bertz CT molecular complexity index is 592. The maximum Gasteiger partial charge on any atom is 0.147 e. The first-order valence-corrected chi connectivity index (χ1v) is 7.21. The molecule has 114 valence electrons. The summed E-state index contributed by atoms with van der Waals surface area (Å²) in [5.74, 6) is 0.818. The van der Waals surface area contributed by atoms with Crippen LogP contribution < -0.4 is 15.8 Å². The van der Waals surface area contributed by atoms with E-state index in [1.807, 2.05) is 6.20 Å². The lowest BCUT2D eigenvalue weighted by Gasteiger charge is -2.28. The Morgan fingerprint density at radius 3 is 2.67 bits per heavy atom. The minimum Gasteiger partial charge on any atom is -0.494 e. The first-order chi connectivity index (χ1) is 9.78. The lowest BCUT2D eigenvalue weighted by atomic mass is 9.91. The van der Waals surface area contributed by atoms with Crippen LogP contribution >= 0.6 is 12.4 Å². The molecule has 1 heterocycles. The number of rotatable bonds is 3. The van der Waals surface area contributed by atoms with Crippen molar-refractivity contribution >= 4 is 28.9 Å². The fourth-order valence-electron chi connectivity index (χ4n) is 2.96. The highest BCUT2D eigenvalue weighted by atomic mass is 35.5. The van der Waals surface area contributed by atoms with Crippen molar-refractivity contribution in [1.29, 1.82) is 0 Å². The maximum absolute atomic E-state index is 5.97.